The van der Waals surface area contributed by atoms with Gasteiger partial charge >= 0.3 is 0 Å². The molecule has 25 heavy (non-hydrogen) atoms. The van der Waals surface area contributed by atoms with Crippen molar-refractivity contribution < 1.29 is 14.3 Å². The minimum Gasteiger partial charge on any atom is -0.482 e. The second-order valence-corrected chi connectivity index (χ2v) is 6.35. The summed E-state index contributed by atoms with van der Waals surface area (Å²) in [4.78, 5) is 23.7. The number of carbonyl (C=O) groups excluding carboxylic acids is 2. The van der Waals surface area contributed by atoms with Crippen LogP contribution in [0.25, 0.3) is 0 Å². The average molecular weight is 381 g/mol. The van der Waals surface area contributed by atoms with Crippen LogP contribution in [0.3, 0.4) is 0 Å². The van der Waals surface area contributed by atoms with E-state index in [4.69, 9.17) is 27.9 Å². The average Bonchev–Trinajstić information content (AvgIpc) is 2.55. The number of carbonyl (C=O) groups is 2. The predicted molar refractivity (Wildman–Crippen MR) is 99.5 cm³/mol. The van der Waals surface area contributed by atoms with Gasteiger partial charge in [-0.3, -0.25) is 9.59 Å². The third kappa shape index (κ3) is 5.96. The highest BCUT2D eigenvalue weighted by Crippen LogP contribution is 2.27. The molecule has 2 amide bonds. The monoisotopic (exact) mass is 380 g/mol. The van der Waals surface area contributed by atoms with Gasteiger partial charge < -0.3 is 15.4 Å². The smallest absolute Gasteiger partial charge is 0.258 e. The van der Waals surface area contributed by atoms with Crippen molar-refractivity contribution in [3.05, 3.63) is 57.6 Å². The van der Waals surface area contributed by atoms with Gasteiger partial charge in [0.15, 0.2) is 6.61 Å². The van der Waals surface area contributed by atoms with Crippen molar-refractivity contribution in [2.45, 2.75) is 13.8 Å². The van der Waals surface area contributed by atoms with Gasteiger partial charge in [0.1, 0.15) is 5.75 Å². The lowest BCUT2D eigenvalue weighted by atomic mass is 10.1. The molecule has 0 spiro atoms. The molecule has 0 saturated carbocycles. The second kappa shape index (κ2) is 8.74. The molecule has 0 aliphatic rings. The topological polar surface area (TPSA) is 67.4 Å². The third-order valence-corrected chi connectivity index (χ3v) is 3.89. The van der Waals surface area contributed by atoms with E-state index in [0.29, 0.717) is 21.5 Å². The molecule has 0 aliphatic heterocycles. The van der Waals surface area contributed by atoms with Crippen LogP contribution in [-0.2, 0) is 9.59 Å². The molecule has 2 aromatic rings. The molecular formula is C18H18Cl2N2O3. The maximum atomic E-state index is 11.9. The van der Waals surface area contributed by atoms with Crippen molar-refractivity contribution in [2.75, 3.05) is 18.5 Å². The lowest BCUT2D eigenvalue weighted by molar-refractivity contribution is -0.125. The van der Waals surface area contributed by atoms with Crippen molar-refractivity contribution in [3.63, 3.8) is 0 Å². The van der Waals surface area contributed by atoms with Gasteiger partial charge in [0.05, 0.1) is 11.6 Å². The first-order chi connectivity index (χ1) is 11.8. The zero-order valence-electron chi connectivity index (χ0n) is 13.9. The van der Waals surface area contributed by atoms with Crippen LogP contribution in [0.5, 0.6) is 5.75 Å². The van der Waals surface area contributed by atoms with Crippen molar-refractivity contribution in [1.29, 1.82) is 0 Å². The maximum Gasteiger partial charge on any atom is 0.258 e. The molecule has 2 rings (SSSR count). The molecule has 0 unspecified atom stereocenters. The summed E-state index contributed by atoms with van der Waals surface area (Å²) in [6.07, 6.45) is 0. The van der Waals surface area contributed by atoms with Crippen LogP contribution in [0, 0.1) is 13.8 Å². The summed E-state index contributed by atoms with van der Waals surface area (Å²) >= 11 is 11.7. The highest BCUT2D eigenvalue weighted by Gasteiger charge is 2.09. The number of rotatable bonds is 6. The minimum absolute atomic E-state index is 0.149. The fourth-order valence-electron chi connectivity index (χ4n) is 2.11. The van der Waals surface area contributed by atoms with E-state index in [1.165, 1.54) is 6.07 Å². The van der Waals surface area contributed by atoms with Gasteiger partial charge in [-0.1, -0.05) is 40.9 Å². The van der Waals surface area contributed by atoms with Crippen molar-refractivity contribution in [1.82, 2.24) is 5.32 Å². The number of ether oxygens (including phenoxy) is 1. The van der Waals surface area contributed by atoms with Crippen LogP contribution in [0.1, 0.15) is 11.1 Å². The Morgan fingerprint density at radius 2 is 1.80 bits per heavy atom. The van der Waals surface area contributed by atoms with E-state index < -0.39 is 5.91 Å². The number of hydrogen-bond donors (Lipinski definition) is 2. The van der Waals surface area contributed by atoms with Gasteiger partial charge in [0.2, 0.25) is 5.91 Å². The highest BCUT2D eigenvalue weighted by molar-refractivity contribution is 6.35. The normalized spacial score (nSPS) is 10.2. The molecular weight excluding hydrogens is 363 g/mol. The predicted octanol–water partition coefficient (Wildman–Crippen LogP) is 3.74. The molecule has 0 saturated heterocycles. The Morgan fingerprint density at radius 3 is 2.48 bits per heavy atom. The van der Waals surface area contributed by atoms with Gasteiger partial charge in [0, 0.05) is 10.7 Å². The van der Waals surface area contributed by atoms with E-state index in [1.807, 2.05) is 32.0 Å². The number of nitrogens with one attached hydrogen (secondary N) is 2. The molecule has 0 heterocycles. The Hall–Kier alpha value is -2.24. The molecule has 0 aromatic heterocycles. The summed E-state index contributed by atoms with van der Waals surface area (Å²) in [6.45, 7) is 3.48. The summed E-state index contributed by atoms with van der Waals surface area (Å²) in [6, 6.07) is 10.4. The third-order valence-electron chi connectivity index (χ3n) is 3.35. The lowest BCUT2D eigenvalue weighted by Crippen LogP contribution is -2.35. The van der Waals surface area contributed by atoms with Gasteiger partial charge in [-0.05, 0) is 43.7 Å². The van der Waals surface area contributed by atoms with E-state index in [2.05, 4.69) is 10.6 Å². The fraction of sp³-hybridized carbons (Fsp3) is 0.222. The summed E-state index contributed by atoms with van der Waals surface area (Å²) in [7, 11) is 0. The van der Waals surface area contributed by atoms with Crippen LogP contribution in [0.4, 0.5) is 5.69 Å². The van der Waals surface area contributed by atoms with Crippen molar-refractivity contribution >= 4 is 40.7 Å². The standard InChI is InChI=1S/C18H18Cl2N2O3/c1-11-3-5-15(12(2)7-11)22-17(23)9-21-18(24)10-25-16-6-4-13(19)8-14(16)20/h3-8H,9-10H2,1-2H3,(H,21,24)(H,22,23). The molecule has 2 aromatic carbocycles. The first kappa shape index (κ1) is 19.1. The second-order valence-electron chi connectivity index (χ2n) is 5.51. The van der Waals surface area contributed by atoms with Crippen LogP contribution in [-0.4, -0.2) is 25.0 Å². The molecule has 5 nitrogen and oxygen atoms in total. The van der Waals surface area contributed by atoms with Crippen LogP contribution < -0.4 is 15.4 Å². The van der Waals surface area contributed by atoms with Crippen LogP contribution >= 0.6 is 23.2 Å². The van der Waals surface area contributed by atoms with E-state index >= 15 is 0 Å². The molecule has 0 radical (unpaired) electrons. The number of benzene rings is 2. The Balaban J connectivity index is 1.78. The van der Waals surface area contributed by atoms with E-state index in [0.717, 1.165) is 11.1 Å². The highest BCUT2D eigenvalue weighted by atomic mass is 35.5. The first-order valence-electron chi connectivity index (χ1n) is 7.57. The first-order valence-corrected chi connectivity index (χ1v) is 8.32. The Kier molecular flexibility index (Phi) is 6.67. The summed E-state index contributed by atoms with van der Waals surface area (Å²) in [5.41, 5.74) is 2.79. The van der Waals surface area contributed by atoms with Crippen molar-refractivity contribution in [2.24, 2.45) is 0 Å². The molecule has 7 heteroatoms. The fourth-order valence-corrected chi connectivity index (χ4v) is 2.58. The molecule has 0 aliphatic carbocycles. The zero-order valence-corrected chi connectivity index (χ0v) is 15.4. The maximum absolute atomic E-state index is 11.9. The molecule has 0 bridgehead atoms. The van der Waals surface area contributed by atoms with Gasteiger partial charge in [-0.2, -0.15) is 0 Å². The quantitative estimate of drug-likeness (QED) is 0.801. The largest absolute Gasteiger partial charge is 0.482 e. The SMILES string of the molecule is Cc1ccc(NC(=O)CNC(=O)COc2ccc(Cl)cc2Cl)c(C)c1. The Morgan fingerprint density at radius 1 is 1.04 bits per heavy atom. The summed E-state index contributed by atoms with van der Waals surface area (Å²) in [5.74, 6) is -0.396. The number of aryl methyl sites for hydroxylation is 2. The molecule has 2 N–H and O–H groups in total. The van der Waals surface area contributed by atoms with Gasteiger partial charge in [-0.15, -0.1) is 0 Å². The zero-order chi connectivity index (χ0) is 18.4. The molecule has 0 atom stereocenters. The number of anilines is 1. The molecule has 0 fully saturated rings. The van der Waals surface area contributed by atoms with Crippen molar-refractivity contribution in [3.8, 4) is 5.75 Å². The number of halogens is 2. The minimum atomic E-state index is -0.429. The lowest BCUT2D eigenvalue weighted by Gasteiger charge is -2.11. The van der Waals surface area contributed by atoms with E-state index in [9.17, 15) is 9.59 Å². The Labute approximate surface area is 156 Å². The summed E-state index contributed by atoms with van der Waals surface area (Å²) < 4.78 is 5.30. The van der Waals surface area contributed by atoms with Crippen LogP contribution in [0.2, 0.25) is 10.0 Å². The summed E-state index contributed by atoms with van der Waals surface area (Å²) in [5, 5.41) is 6.03. The van der Waals surface area contributed by atoms with Crippen LogP contribution in [0.15, 0.2) is 36.4 Å². The number of amides is 2. The van der Waals surface area contributed by atoms with Gasteiger partial charge in [-0.25, -0.2) is 0 Å². The number of hydrogen-bond acceptors (Lipinski definition) is 3. The van der Waals surface area contributed by atoms with Gasteiger partial charge in [0.25, 0.3) is 5.91 Å². The Bertz CT molecular complexity index is 794. The molecule has 132 valence electrons. The van der Waals surface area contributed by atoms with E-state index in [1.54, 1.807) is 12.1 Å². The van der Waals surface area contributed by atoms with E-state index in [-0.39, 0.29) is 19.1 Å².